The fourth-order valence-electron chi connectivity index (χ4n) is 2.12. The van der Waals surface area contributed by atoms with E-state index in [-0.39, 0.29) is 11.6 Å². The summed E-state index contributed by atoms with van der Waals surface area (Å²) in [6, 6.07) is 9.25. The third kappa shape index (κ3) is 2.55. The van der Waals surface area contributed by atoms with Crippen molar-refractivity contribution in [2.75, 3.05) is 11.1 Å². The molecular weight excluding hydrogens is 271 g/mol. The van der Waals surface area contributed by atoms with Gasteiger partial charge in [-0.05, 0) is 36.4 Å². The van der Waals surface area contributed by atoms with E-state index in [2.05, 4.69) is 10.4 Å². The van der Waals surface area contributed by atoms with Crippen molar-refractivity contribution >= 4 is 28.2 Å². The van der Waals surface area contributed by atoms with Gasteiger partial charge in [-0.2, -0.15) is 5.10 Å². The van der Waals surface area contributed by atoms with Crippen LogP contribution in [0, 0.1) is 5.82 Å². The first-order valence-electron chi connectivity index (χ1n) is 6.33. The van der Waals surface area contributed by atoms with E-state index >= 15 is 0 Å². The van der Waals surface area contributed by atoms with Crippen LogP contribution in [0.1, 0.15) is 10.4 Å². The zero-order valence-corrected chi connectivity index (χ0v) is 11.3. The Labute approximate surface area is 120 Å². The number of nitrogens with zero attached hydrogens (tertiary/aromatic N) is 2. The number of hydrogen-bond donors (Lipinski definition) is 2. The summed E-state index contributed by atoms with van der Waals surface area (Å²) in [5.41, 5.74) is 7.11. The molecule has 0 bridgehead atoms. The highest BCUT2D eigenvalue weighted by atomic mass is 19.1. The maximum atomic E-state index is 13.7. The number of nitrogens with one attached hydrogen (secondary N) is 1. The van der Waals surface area contributed by atoms with E-state index in [0.29, 0.717) is 11.3 Å². The average molecular weight is 284 g/mol. The maximum absolute atomic E-state index is 13.7. The Kier molecular flexibility index (Phi) is 3.06. The quantitative estimate of drug-likeness (QED) is 0.710. The van der Waals surface area contributed by atoms with Gasteiger partial charge in [-0.3, -0.25) is 9.48 Å². The number of anilines is 2. The molecule has 0 saturated heterocycles. The smallest absolute Gasteiger partial charge is 0.255 e. The zero-order valence-electron chi connectivity index (χ0n) is 11.3. The van der Waals surface area contributed by atoms with Crippen LogP contribution in [0.25, 0.3) is 10.9 Å². The predicted molar refractivity (Wildman–Crippen MR) is 79.5 cm³/mol. The number of carbonyl (C=O) groups is 1. The first-order chi connectivity index (χ1) is 10.0. The van der Waals surface area contributed by atoms with Gasteiger partial charge in [-0.1, -0.05) is 0 Å². The molecule has 0 radical (unpaired) electrons. The predicted octanol–water partition coefficient (Wildman–Crippen LogP) is 2.55. The molecule has 0 aliphatic rings. The molecule has 1 aromatic heterocycles. The summed E-state index contributed by atoms with van der Waals surface area (Å²) in [7, 11) is 1.81. The highest BCUT2D eigenvalue weighted by Gasteiger charge is 2.11. The van der Waals surface area contributed by atoms with Crippen LogP contribution in [0.15, 0.2) is 42.6 Å². The van der Waals surface area contributed by atoms with Gasteiger partial charge in [-0.25, -0.2) is 4.39 Å². The summed E-state index contributed by atoms with van der Waals surface area (Å²) in [5.74, 6) is -0.949. The van der Waals surface area contributed by atoms with Crippen LogP contribution in [0.5, 0.6) is 0 Å². The molecule has 1 heterocycles. The van der Waals surface area contributed by atoms with E-state index in [1.54, 1.807) is 22.9 Å². The second kappa shape index (κ2) is 4.90. The van der Waals surface area contributed by atoms with Crippen molar-refractivity contribution in [1.82, 2.24) is 9.78 Å². The van der Waals surface area contributed by atoms with Crippen molar-refractivity contribution in [3.8, 4) is 0 Å². The van der Waals surface area contributed by atoms with Crippen molar-refractivity contribution in [3.05, 3.63) is 54.0 Å². The largest absolute Gasteiger partial charge is 0.399 e. The van der Waals surface area contributed by atoms with Crippen LogP contribution < -0.4 is 11.1 Å². The second-order valence-corrected chi connectivity index (χ2v) is 4.77. The molecule has 0 spiro atoms. The highest BCUT2D eigenvalue weighted by Crippen LogP contribution is 2.19. The molecule has 21 heavy (non-hydrogen) atoms. The Morgan fingerprint density at radius 1 is 1.29 bits per heavy atom. The van der Waals surface area contributed by atoms with Gasteiger partial charge in [0.1, 0.15) is 5.82 Å². The fraction of sp³-hybridized carbons (Fsp3) is 0.0667. The van der Waals surface area contributed by atoms with Gasteiger partial charge in [0.15, 0.2) is 0 Å². The van der Waals surface area contributed by atoms with Crippen LogP contribution in [0.3, 0.4) is 0 Å². The molecule has 0 saturated carbocycles. The van der Waals surface area contributed by atoms with Crippen LogP contribution in [0.4, 0.5) is 15.8 Å². The number of rotatable bonds is 2. The number of halogens is 1. The highest BCUT2D eigenvalue weighted by molar-refractivity contribution is 6.06. The minimum Gasteiger partial charge on any atom is -0.399 e. The van der Waals surface area contributed by atoms with E-state index < -0.39 is 5.82 Å². The Morgan fingerprint density at radius 3 is 2.86 bits per heavy atom. The van der Waals surface area contributed by atoms with E-state index in [1.165, 1.54) is 18.2 Å². The van der Waals surface area contributed by atoms with Crippen molar-refractivity contribution in [2.24, 2.45) is 7.05 Å². The molecule has 0 fully saturated rings. The van der Waals surface area contributed by atoms with Gasteiger partial charge in [0.05, 0.1) is 11.2 Å². The Balaban J connectivity index is 1.89. The minimum absolute atomic E-state index is 0.0977. The lowest BCUT2D eigenvalue weighted by Crippen LogP contribution is -2.13. The first-order valence-corrected chi connectivity index (χ1v) is 6.33. The number of nitrogens with two attached hydrogens (primary N) is 1. The van der Waals surface area contributed by atoms with Crippen molar-refractivity contribution in [1.29, 1.82) is 0 Å². The molecule has 0 atom stereocenters. The number of nitrogen functional groups attached to an aromatic ring is 1. The number of aromatic nitrogens is 2. The number of fused-ring (bicyclic) bond motifs is 1. The number of carbonyl (C=O) groups excluding carboxylic acids is 1. The lowest BCUT2D eigenvalue weighted by molar-refractivity contribution is 0.102. The summed E-state index contributed by atoms with van der Waals surface area (Å²) < 4.78 is 15.3. The van der Waals surface area contributed by atoms with Gasteiger partial charge < -0.3 is 11.1 Å². The SMILES string of the molecule is Cn1cc2cc(C(=O)Nc3ccc(N)cc3F)ccc2n1. The van der Waals surface area contributed by atoms with Crippen molar-refractivity contribution in [2.45, 2.75) is 0 Å². The van der Waals surface area contributed by atoms with Crippen molar-refractivity contribution < 1.29 is 9.18 Å². The van der Waals surface area contributed by atoms with Gasteiger partial charge in [0.25, 0.3) is 5.91 Å². The van der Waals surface area contributed by atoms with Crippen molar-refractivity contribution in [3.63, 3.8) is 0 Å². The fourth-order valence-corrected chi connectivity index (χ4v) is 2.12. The molecular formula is C15H13FN4O. The third-order valence-corrected chi connectivity index (χ3v) is 3.12. The molecule has 6 heteroatoms. The first kappa shape index (κ1) is 13.1. The van der Waals surface area contributed by atoms with E-state index in [9.17, 15) is 9.18 Å². The molecule has 3 rings (SSSR count). The Bertz CT molecular complexity index is 841. The molecule has 106 valence electrons. The topological polar surface area (TPSA) is 72.9 Å². The number of benzene rings is 2. The average Bonchev–Trinajstić information content (AvgIpc) is 2.80. The van der Waals surface area contributed by atoms with Crippen LogP contribution in [0.2, 0.25) is 0 Å². The van der Waals surface area contributed by atoms with Crippen LogP contribution in [-0.4, -0.2) is 15.7 Å². The standard InChI is InChI=1S/C15H13FN4O/c1-20-8-10-6-9(2-4-13(10)19-20)15(21)18-14-5-3-11(17)7-12(14)16/h2-8H,17H2,1H3,(H,18,21). The third-order valence-electron chi connectivity index (χ3n) is 3.12. The molecule has 1 amide bonds. The molecule has 0 aliphatic heterocycles. The summed E-state index contributed by atoms with van der Waals surface area (Å²) in [6.07, 6.45) is 1.82. The molecule has 0 aliphatic carbocycles. The Morgan fingerprint density at radius 2 is 2.10 bits per heavy atom. The Hall–Kier alpha value is -2.89. The minimum atomic E-state index is -0.564. The van der Waals surface area contributed by atoms with E-state index in [1.807, 2.05) is 13.2 Å². The van der Waals surface area contributed by atoms with Gasteiger partial charge >= 0.3 is 0 Å². The molecule has 0 unspecified atom stereocenters. The summed E-state index contributed by atoms with van der Waals surface area (Å²) in [5, 5.41) is 7.61. The lowest BCUT2D eigenvalue weighted by atomic mass is 10.1. The van der Waals surface area contributed by atoms with Gasteiger partial charge in [0, 0.05) is 29.9 Å². The summed E-state index contributed by atoms with van der Waals surface area (Å²) in [4.78, 5) is 12.2. The lowest BCUT2D eigenvalue weighted by Gasteiger charge is -2.07. The zero-order chi connectivity index (χ0) is 15.0. The monoisotopic (exact) mass is 284 g/mol. The second-order valence-electron chi connectivity index (χ2n) is 4.77. The van der Waals surface area contributed by atoms with Gasteiger partial charge in [-0.15, -0.1) is 0 Å². The normalized spacial score (nSPS) is 10.8. The molecule has 5 nitrogen and oxygen atoms in total. The molecule has 3 N–H and O–H groups in total. The number of amides is 1. The molecule has 2 aromatic carbocycles. The number of hydrogen-bond acceptors (Lipinski definition) is 3. The number of aryl methyl sites for hydroxylation is 1. The van der Waals surface area contributed by atoms with Gasteiger partial charge in [0.2, 0.25) is 0 Å². The molecule has 3 aromatic rings. The van der Waals surface area contributed by atoms with E-state index in [0.717, 1.165) is 10.9 Å². The van der Waals surface area contributed by atoms with Crippen LogP contribution >= 0.6 is 0 Å². The summed E-state index contributed by atoms with van der Waals surface area (Å²) in [6.45, 7) is 0. The maximum Gasteiger partial charge on any atom is 0.255 e. The van der Waals surface area contributed by atoms with E-state index in [4.69, 9.17) is 5.73 Å². The summed E-state index contributed by atoms with van der Waals surface area (Å²) >= 11 is 0. The van der Waals surface area contributed by atoms with Crippen LogP contribution in [-0.2, 0) is 7.05 Å².